The molecule has 0 saturated carbocycles. The van der Waals surface area contributed by atoms with Crippen molar-refractivity contribution in [1.82, 2.24) is 4.98 Å². The number of aromatic nitrogens is 1. The maximum atomic E-state index is 14.5. The Morgan fingerprint density at radius 1 is 1.21 bits per heavy atom. The van der Waals surface area contributed by atoms with Crippen molar-refractivity contribution in [3.63, 3.8) is 0 Å². The van der Waals surface area contributed by atoms with Gasteiger partial charge in [-0.2, -0.15) is 0 Å². The smallest absolute Gasteiger partial charge is 0.309 e. The van der Waals surface area contributed by atoms with E-state index in [4.69, 9.17) is 10.5 Å². The summed E-state index contributed by atoms with van der Waals surface area (Å²) in [7, 11) is 0. The second-order valence-electron chi connectivity index (χ2n) is 7.15. The highest BCUT2D eigenvalue weighted by Gasteiger charge is 2.30. The monoisotopic (exact) mass is 398 g/mol. The molecule has 0 radical (unpaired) electrons. The summed E-state index contributed by atoms with van der Waals surface area (Å²) in [4.78, 5) is 27.3. The van der Waals surface area contributed by atoms with Crippen molar-refractivity contribution >= 4 is 22.8 Å². The van der Waals surface area contributed by atoms with Gasteiger partial charge >= 0.3 is 5.97 Å². The van der Waals surface area contributed by atoms with E-state index >= 15 is 0 Å². The van der Waals surface area contributed by atoms with Gasteiger partial charge in [0.05, 0.1) is 29.2 Å². The highest BCUT2D eigenvalue weighted by atomic mass is 19.1. The molecule has 3 N–H and O–H groups in total. The van der Waals surface area contributed by atoms with Gasteiger partial charge in [-0.15, -0.1) is 0 Å². The van der Waals surface area contributed by atoms with Crippen LogP contribution in [0.4, 0.5) is 8.78 Å². The largest absolute Gasteiger partial charge is 0.466 e. The minimum Gasteiger partial charge on any atom is -0.466 e. The first-order chi connectivity index (χ1) is 13.9. The fraction of sp³-hybridized carbons (Fsp3) is 0.273. The number of ether oxygens (including phenoxy) is 1. The van der Waals surface area contributed by atoms with E-state index in [1.807, 2.05) is 0 Å². The van der Waals surface area contributed by atoms with E-state index in [1.54, 1.807) is 6.92 Å². The molecular formula is C22H20F2N2O3. The number of amides is 1. The van der Waals surface area contributed by atoms with Gasteiger partial charge in [0, 0.05) is 17.5 Å². The normalized spacial score (nSPS) is 15.9. The molecule has 4 rings (SSSR count). The van der Waals surface area contributed by atoms with Crippen LogP contribution in [0.1, 0.15) is 35.0 Å². The average Bonchev–Trinajstić information content (AvgIpc) is 3.06. The molecule has 1 aliphatic rings. The molecule has 2 aromatic carbocycles. The predicted octanol–water partition coefficient (Wildman–Crippen LogP) is 3.88. The summed E-state index contributed by atoms with van der Waals surface area (Å²) in [5.41, 5.74) is 8.01. The maximum Gasteiger partial charge on any atom is 0.309 e. The van der Waals surface area contributed by atoms with Gasteiger partial charge in [-0.25, -0.2) is 8.78 Å². The Morgan fingerprint density at radius 2 is 1.93 bits per heavy atom. The number of nitrogens with one attached hydrogen (secondary N) is 1. The summed E-state index contributed by atoms with van der Waals surface area (Å²) in [6, 6.07) is 6.69. The number of carbonyl (C=O) groups excluding carboxylic acids is 2. The first-order valence-electron chi connectivity index (χ1n) is 9.49. The van der Waals surface area contributed by atoms with Crippen LogP contribution in [-0.4, -0.2) is 23.5 Å². The highest BCUT2D eigenvalue weighted by Crippen LogP contribution is 2.40. The topological polar surface area (TPSA) is 85.2 Å². The van der Waals surface area contributed by atoms with Crippen LogP contribution in [0.25, 0.3) is 22.0 Å². The molecule has 1 atom stereocenters. The van der Waals surface area contributed by atoms with Crippen LogP contribution in [0.3, 0.4) is 0 Å². The Hall–Kier alpha value is -3.22. The molecule has 0 bridgehead atoms. The highest BCUT2D eigenvalue weighted by molar-refractivity contribution is 6.10. The molecule has 0 fully saturated rings. The van der Waals surface area contributed by atoms with Crippen LogP contribution in [0.2, 0.25) is 0 Å². The number of aromatic amines is 1. The van der Waals surface area contributed by atoms with Gasteiger partial charge in [-0.05, 0) is 49.1 Å². The molecule has 3 aromatic rings. The fourth-order valence-electron chi connectivity index (χ4n) is 4.17. The lowest BCUT2D eigenvalue weighted by molar-refractivity contribution is -0.148. The number of hydrogen-bond donors (Lipinski definition) is 2. The van der Waals surface area contributed by atoms with Gasteiger partial charge in [-0.1, -0.05) is 12.1 Å². The summed E-state index contributed by atoms with van der Waals surface area (Å²) >= 11 is 0. The van der Waals surface area contributed by atoms with Gasteiger partial charge in [0.25, 0.3) is 5.91 Å². The third-order valence-corrected chi connectivity index (χ3v) is 5.46. The quantitative estimate of drug-likeness (QED) is 0.654. The molecule has 0 saturated heterocycles. The van der Waals surface area contributed by atoms with E-state index in [9.17, 15) is 18.4 Å². The van der Waals surface area contributed by atoms with Gasteiger partial charge < -0.3 is 15.5 Å². The number of benzene rings is 2. The number of hydrogen-bond acceptors (Lipinski definition) is 3. The van der Waals surface area contributed by atoms with Crippen LogP contribution in [0.5, 0.6) is 0 Å². The Morgan fingerprint density at radius 3 is 2.59 bits per heavy atom. The SMILES string of the molecule is CCOC(=O)C1CCc2c([nH]c3c(C(N)=O)ccc(-c4c(F)cccc4F)c23)C1. The van der Waals surface area contributed by atoms with E-state index in [0.29, 0.717) is 42.3 Å². The second kappa shape index (κ2) is 7.31. The van der Waals surface area contributed by atoms with Crippen molar-refractivity contribution in [2.45, 2.75) is 26.2 Å². The number of carbonyl (C=O) groups is 2. The lowest BCUT2D eigenvalue weighted by Crippen LogP contribution is -2.24. The average molecular weight is 398 g/mol. The molecular weight excluding hydrogens is 378 g/mol. The van der Waals surface area contributed by atoms with Crippen molar-refractivity contribution < 1.29 is 23.1 Å². The summed E-state index contributed by atoms with van der Waals surface area (Å²) in [5.74, 6) is -2.59. The third-order valence-electron chi connectivity index (χ3n) is 5.46. The van der Waals surface area contributed by atoms with Gasteiger partial charge in [0.2, 0.25) is 0 Å². The van der Waals surface area contributed by atoms with Crippen LogP contribution in [0.15, 0.2) is 30.3 Å². The molecule has 5 nitrogen and oxygen atoms in total. The van der Waals surface area contributed by atoms with Crippen LogP contribution < -0.4 is 5.73 Å². The second-order valence-corrected chi connectivity index (χ2v) is 7.15. The summed E-state index contributed by atoms with van der Waals surface area (Å²) < 4.78 is 34.2. The van der Waals surface area contributed by atoms with Gasteiger partial charge in [0.1, 0.15) is 11.6 Å². The molecule has 7 heteroatoms. The van der Waals surface area contributed by atoms with Gasteiger partial charge in [0.15, 0.2) is 0 Å². The lowest BCUT2D eigenvalue weighted by atomic mass is 9.85. The lowest BCUT2D eigenvalue weighted by Gasteiger charge is -2.21. The van der Waals surface area contributed by atoms with E-state index in [2.05, 4.69) is 4.98 Å². The molecule has 1 unspecified atom stereocenters. The third kappa shape index (κ3) is 3.16. The van der Waals surface area contributed by atoms with Crippen molar-refractivity contribution in [2.75, 3.05) is 6.61 Å². The predicted molar refractivity (Wildman–Crippen MR) is 104 cm³/mol. The van der Waals surface area contributed by atoms with E-state index in [-0.39, 0.29) is 23.0 Å². The molecule has 1 heterocycles. The number of aryl methyl sites for hydroxylation is 1. The first-order valence-corrected chi connectivity index (χ1v) is 9.49. The number of nitrogens with two attached hydrogens (primary N) is 1. The molecule has 0 aliphatic heterocycles. The van der Waals surface area contributed by atoms with Crippen molar-refractivity contribution in [1.29, 1.82) is 0 Å². The summed E-state index contributed by atoms with van der Waals surface area (Å²) in [5, 5.41) is 0.572. The minimum atomic E-state index is -0.687. The van der Waals surface area contributed by atoms with Crippen molar-refractivity contribution in [3.8, 4) is 11.1 Å². The zero-order chi connectivity index (χ0) is 20.7. The number of halogens is 2. The van der Waals surface area contributed by atoms with Crippen molar-refractivity contribution in [2.24, 2.45) is 11.7 Å². The molecule has 29 heavy (non-hydrogen) atoms. The minimum absolute atomic E-state index is 0.150. The zero-order valence-corrected chi connectivity index (χ0v) is 15.9. The Balaban J connectivity index is 1.94. The Kier molecular flexibility index (Phi) is 4.82. The molecule has 0 spiro atoms. The summed E-state index contributed by atoms with van der Waals surface area (Å²) in [6.07, 6.45) is 1.48. The number of fused-ring (bicyclic) bond motifs is 3. The number of H-pyrrole nitrogens is 1. The number of rotatable bonds is 4. The zero-order valence-electron chi connectivity index (χ0n) is 15.9. The van der Waals surface area contributed by atoms with E-state index in [1.165, 1.54) is 30.3 Å². The molecule has 1 aromatic heterocycles. The van der Waals surface area contributed by atoms with Crippen molar-refractivity contribution in [3.05, 3.63) is 58.8 Å². The fourth-order valence-corrected chi connectivity index (χ4v) is 4.17. The van der Waals surface area contributed by atoms with Crippen LogP contribution in [0, 0.1) is 17.6 Å². The number of esters is 1. The number of primary amides is 1. The first kappa shape index (κ1) is 19.1. The van der Waals surface area contributed by atoms with Gasteiger partial charge in [-0.3, -0.25) is 9.59 Å². The summed E-state index contributed by atoms with van der Waals surface area (Å²) in [6.45, 7) is 2.06. The Labute approximate surface area is 165 Å². The van der Waals surface area contributed by atoms with Crippen LogP contribution in [-0.2, 0) is 22.4 Å². The van der Waals surface area contributed by atoms with E-state index < -0.39 is 17.5 Å². The standard InChI is InChI=1S/C22H20F2N2O3/c1-2-29-22(28)11-6-7-12-17(10-11)26-20-14(21(25)27)9-8-13(18(12)20)19-15(23)4-3-5-16(19)24/h3-5,8-9,11,26H,2,6-7,10H2,1H3,(H2,25,27). The molecule has 1 amide bonds. The molecule has 150 valence electrons. The van der Waals surface area contributed by atoms with Crippen LogP contribution >= 0.6 is 0 Å². The van der Waals surface area contributed by atoms with E-state index in [0.717, 1.165) is 11.3 Å². The maximum absolute atomic E-state index is 14.5. The Bertz CT molecular complexity index is 1120. The molecule has 1 aliphatic carbocycles.